The van der Waals surface area contributed by atoms with Crippen molar-refractivity contribution in [2.24, 2.45) is 11.8 Å². The van der Waals surface area contributed by atoms with Gasteiger partial charge in [0.15, 0.2) is 0 Å². The van der Waals surface area contributed by atoms with Gasteiger partial charge in [-0.1, -0.05) is 26.7 Å². The quantitative estimate of drug-likeness (QED) is 0.721. The molecule has 2 atom stereocenters. The van der Waals surface area contributed by atoms with Gasteiger partial charge in [0.2, 0.25) is 5.91 Å². The molecule has 1 aliphatic heterocycles. The Morgan fingerprint density at radius 1 is 1.62 bits per heavy atom. The number of carbonyl (C=O) groups is 2. The Morgan fingerprint density at radius 3 is 2.85 bits per heavy atom. The molecule has 0 radical (unpaired) electrons. The van der Waals surface area contributed by atoms with E-state index in [2.05, 4.69) is 12.2 Å². The van der Waals surface area contributed by atoms with Crippen LogP contribution >= 0.6 is 0 Å². The van der Waals surface area contributed by atoms with Crippen LogP contribution < -0.4 is 5.32 Å². The Morgan fingerprint density at radius 2 is 2.31 bits per heavy atom. The minimum atomic E-state index is -0.620. The van der Waals surface area contributed by atoms with E-state index < -0.39 is 6.09 Å². The van der Waals surface area contributed by atoms with Crippen LogP contribution in [0.25, 0.3) is 0 Å². The molecule has 0 saturated carbocycles. The average Bonchev–Trinajstić information content (AvgIpc) is 2.04. The van der Waals surface area contributed by atoms with E-state index in [9.17, 15) is 9.59 Å². The fourth-order valence-electron chi connectivity index (χ4n) is 1.55. The fraction of sp³-hybridized carbons (Fsp3) is 0.778. The van der Waals surface area contributed by atoms with E-state index in [1.165, 1.54) is 0 Å². The molecule has 0 spiro atoms. The van der Waals surface area contributed by atoms with Crippen molar-refractivity contribution in [2.75, 3.05) is 6.61 Å². The molecule has 0 aromatic heterocycles. The lowest BCUT2D eigenvalue weighted by Crippen LogP contribution is -2.46. The first-order valence-corrected chi connectivity index (χ1v) is 4.62. The number of hydrogen-bond donors (Lipinski definition) is 1. The van der Waals surface area contributed by atoms with Crippen LogP contribution in [0.5, 0.6) is 0 Å². The summed E-state index contributed by atoms with van der Waals surface area (Å²) in [6.07, 6.45) is 1.40. The summed E-state index contributed by atoms with van der Waals surface area (Å²) >= 11 is 0. The summed E-state index contributed by atoms with van der Waals surface area (Å²) in [4.78, 5) is 22.0. The molecule has 74 valence electrons. The predicted molar refractivity (Wildman–Crippen MR) is 47.1 cm³/mol. The molecule has 1 N–H and O–H groups in total. The van der Waals surface area contributed by atoms with Crippen LogP contribution in [0.3, 0.4) is 0 Å². The molecule has 4 nitrogen and oxygen atoms in total. The van der Waals surface area contributed by atoms with E-state index in [1.807, 2.05) is 6.92 Å². The van der Waals surface area contributed by atoms with E-state index in [0.717, 1.165) is 12.8 Å². The Bertz CT molecular complexity index is 215. The lowest BCUT2D eigenvalue weighted by molar-refractivity contribution is -0.130. The highest BCUT2D eigenvalue weighted by atomic mass is 16.6. The summed E-state index contributed by atoms with van der Waals surface area (Å²) in [5.74, 6) is -0.0899. The van der Waals surface area contributed by atoms with Crippen LogP contribution in [0, 0.1) is 11.8 Å². The molecule has 1 fully saturated rings. The number of imide groups is 1. The highest BCUT2D eigenvalue weighted by molar-refractivity contribution is 5.95. The number of hydrogen-bond acceptors (Lipinski definition) is 3. The second-order valence-corrected chi connectivity index (χ2v) is 3.46. The second-order valence-electron chi connectivity index (χ2n) is 3.46. The molecule has 1 rings (SSSR count). The molecule has 1 heterocycles. The van der Waals surface area contributed by atoms with Crippen molar-refractivity contribution in [3.63, 3.8) is 0 Å². The maximum Gasteiger partial charge on any atom is 0.413 e. The molecule has 0 aromatic rings. The van der Waals surface area contributed by atoms with Crippen molar-refractivity contribution in [3.8, 4) is 0 Å². The van der Waals surface area contributed by atoms with Crippen molar-refractivity contribution in [2.45, 2.75) is 26.7 Å². The van der Waals surface area contributed by atoms with Gasteiger partial charge < -0.3 is 4.74 Å². The number of carbonyl (C=O) groups excluding carboxylic acids is 2. The van der Waals surface area contributed by atoms with Crippen molar-refractivity contribution in [3.05, 3.63) is 0 Å². The van der Waals surface area contributed by atoms with Gasteiger partial charge in [-0.3, -0.25) is 10.1 Å². The molecule has 2 unspecified atom stereocenters. The molecule has 0 aliphatic carbocycles. The number of rotatable bonds is 3. The second kappa shape index (κ2) is 4.25. The highest BCUT2D eigenvalue weighted by Crippen LogP contribution is 2.20. The van der Waals surface area contributed by atoms with E-state index in [-0.39, 0.29) is 24.3 Å². The van der Waals surface area contributed by atoms with Gasteiger partial charge in [0, 0.05) is 0 Å². The van der Waals surface area contributed by atoms with E-state index in [0.29, 0.717) is 0 Å². The molecule has 0 bridgehead atoms. The van der Waals surface area contributed by atoms with Crippen LogP contribution in [0.2, 0.25) is 0 Å². The van der Waals surface area contributed by atoms with E-state index >= 15 is 0 Å². The fourth-order valence-corrected chi connectivity index (χ4v) is 1.55. The predicted octanol–water partition coefficient (Wildman–Crippen LogP) is 1.31. The first kappa shape index (κ1) is 10.0. The van der Waals surface area contributed by atoms with Gasteiger partial charge in [0.05, 0.1) is 5.92 Å². The minimum Gasteiger partial charge on any atom is -0.448 e. The largest absolute Gasteiger partial charge is 0.448 e. The summed E-state index contributed by atoms with van der Waals surface area (Å²) < 4.78 is 4.76. The third-order valence-electron chi connectivity index (χ3n) is 2.39. The molecular formula is C9H15NO3. The lowest BCUT2D eigenvalue weighted by atomic mass is 9.89. The molecule has 2 amide bonds. The monoisotopic (exact) mass is 185 g/mol. The van der Waals surface area contributed by atoms with Crippen LogP contribution in [0.15, 0.2) is 0 Å². The first-order valence-electron chi connectivity index (χ1n) is 4.62. The van der Waals surface area contributed by atoms with E-state index in [4.69, 9.17) is 4.74 Å². The molecule has 1 aliphatic rings. The maximum absolute atomic E-state index is 11.3. The standard InChI is InChI=1S/C9H15NO3/c1-3-4-6(2)7-5-13-9(12)10-8(7)11/h6-7H,3-5H2,1-2H3,(H,10,11,12). The SMILES string of the molecule is CCCC(C)C1COC(=O)NC1=O. The third kappa shape index (κ3) is 2.44. The molecule has 0 aromatic carbocycles. The van der Waals surface area contributed by atoms with Crippen molar-refractivity contribution in [1.29, 1.82) is 0 Å². The maximum atomic E-state index is 11.3. The van der Waals surface area contributed by atoms with Crippen molar-refractivity contribution < 1.29 is 14.3 Å². The highest BCUT2D eigenvalue weighted by Gasteiger charge is 2.31. The zero-order valence-electron chi connectivity index (χ0n) is 8.00. The van der Waals surface area contributed by atoms with Crippen LogP contribution in [0.1, 0.15) is 26.7 Å². The number of cyclic esters (lactones) is 1. The van der Waals surface area contributed by atoms with Gasteiger partial charge >= 0.3 is 6.09 Å². The molecule has 1 saturated heterocycles. The minimum absolute atomic E-state index is 0.169. The summed E-state index contributed by atoms with van der Waals surface area (Å²) in [7, 11) is 0. The van der Waals surface area contributed by atoms with Gasteiger partial charge in [-0.2, -0.15) is 0 Å². The summed E-state index contributed by atoms with van der Waals surface area (Å²) in [5, 5.41) is 2.17. The van der Waals surface area contributed by atoms with E-state index in [1.54, 1.807) is 0 Å². The normalized spacial score (nSPS) is 24.9. The van der Waals surface area contributed by atoms with Gasteiger partial charge in [0.1, 0.15) is 6.61 Å². The van der Waals surface area contributed by atoms with Gasteiger partial charge in [0.25, 0.3) is 0 Å². The topological polar surface area (TPSA) is 55.4 Å². The third-order valence-corrected chi connectivity index (χ3v) is 2.39. The summed E-state index contributed by atoms with van der Waals surface area (Å²) in [6.45, 7) is 4.31. The first-order chi connectivity index (χ1) is 6.15. The smallest absolute Gasteiger partial charge is 0.413 e. The summed E-state index contributed by atoms with van der Waals surface area (Å²) in [6, 6.07) is 0. The van der Waals surface area contributed by atoms with Crippen molar-refractivity contribution >= 4 is 12.0 Å². The Hall–Kier alpha value is -1.06. The Balaban J connectivity index is 2.50. The van der Waals surface area contributed by atoms with Gasteiger partial charge in [-0.15, -0.1) is 0 Å². The number of amides is 2. The Kier molecular flexibility index (Phi) is 3.28. The molecule has 4 heteroatoms. The molecular weight excluding hydrogens is 170 g/mol. The Labute approximate surface area is 77.6 Å². The zero-order valence-corrected chi connectivity index (χ0v) is 8.00. The molecule has 13 heavy (non-hydrogen) atoms. The number of ether oxygens (including phenoxy) is 1. The number of alkyl carbamates (subject to hydrolysis) is 1. The van der Waals surface area contributed by atoms with Gasteiger partial charge in [-0.25, -0.2) is 4.79 Å². The van der Waals surface area contributed by atoms with Gasteiger partial charge in [-0.05, 0) is 5.92 Å². The summed E-state index contributed by atoms with van der Waals surface area (Å²) in [5.41, 5.74) is 0. The zero-order chi connectivity index (χ0) is 9.84. The van der Waals surface area contributed by atoms with Crippen LogP contribution in [-0.4, -0.2) is 18.6 Å². The lowest BCUT2D eigenvalue weighted by Gasteiger charge is -2.25. The number of nitrogens with one attached hydrogen (secondary N) is 1. The van der Waals surface area contributed by atoms with Crippen LogP contribution in [-0.2, 0) is 9.53 Å². The average molecular weight is 185 g/mol. The van der Waals surface area contributed by atoms with Crippen LogP contribution in [0.4, 0.5) is 4.79 Å². The van der Waals surface area contributed by atoms with Crippen molar-refractivity contribution in [1.82, 2.24) is 5.32 Å².